The first-order valence-electron chi connectivity index (χ1n) is 9.33. The van der Waals surface area contributed by atoms with Gasteiger partial charge < -0.3 is 10.2 Å². The molecule has 0 unspecified atom stereocenters. The highest BCUT2D eigenvalue weighted by molar-refractivity contribution is 5.74. The molecule has 0 spiro atoms. The molecule has 1 saturated carbocycles. The molecular weight excluding hydrogens is 318 g/mol. The summed E-state index contributed by atoms with van der Waals surface area (Å²) in [6.07, 6.45) is 8.46. The van der Waals surface area contributed by atoms with E-state index in [-0.39, 0.29) is 11.7 Å². The fraction of sp³-hybridized carbons (Fsp3) is 0.611. The Hall–Kier alpha value is -2.31. The zero-order valence-electron chi connectivity index (χ0n) is 14.4. The summed E-state index contributed by atoms with van der Waals surface area (Å²) in [7, 11) is 0. The van der Waals surface area contributed by atoms with Crippen LogP contribution in [0.15, 0.2) is 29.2 Å². The maximum atomic E-state index is 12.5. The zero-order valence-corrected chi connectivity index (χ0v) is 14.4. The van der Waals surface area contributed by atoms with Crippen LogP contribution in [-0.2, 0) is 6.54 Å². The summed E-state index contributed by atoms with van der Waals surface area (Å²) in [5, 5.41) is 7.33. The minimum atomic E-state index is -0.133. The minimum absolute atomic E-state index is 0.0546. The molecule has 1 saturated heterocycles. The highest BCUT2D eigenvalue weighted by Gasteiger charge is 2.37. The molecule has 1 aliphatic heterocycles. The molecule has 1 aliphatic carbocycles. The monoisotopic (exact) mass is 343 g/mol. The lowest BCUT2D eigenvalue weighted by Crippen LogP contribution is -2.50. The van der Waals surface area contributed by atoms with E-state index in [1.54, 1.807) is 6.20 Å². The normalized spacial score (nSPS) is 23.0. The van der Waals surface area contributed by atoms with Crippen LogP contribution >= 0.6 is 0 Å². The van der Waals surface area contributed by atoms with Crippen LogP contribution in [0.3, 0.4) is 0 Å². The fourth-order valence-corrected chi connectivity index (χ4v) is 4.35. The van der Waals surface area contributed by atoms with Gasteiger partial charge in [-0.3, -0.25) is 4.40 Å². The van der Waals surface area contributed by atoms with E-state index in [4.69, 9.17) is 0 Å². The summed E-state index contributed by atoms with van der Waals surface area (Å²) < 4.78 is 3.00. The first kappa shape index (κ1) is 16.2. The summed E-state index contributed by atoms with van der Waals surface area (Å²) >= 11 is 0. The van der Waals surface area contributed by atoms with Gasteiger partial charge in [-0.25, -0.2) is 14.3 Å². The minimum Gasteiger partial charge on any atom is -0.338 e. The molecule has 0 aromatic carbocycles. The van der Waals surface area contributed by atoms with Crippen molar-refractivity contribution in [3.63, 3.8) is 0 Å². The fourth-order valence-electron chi connectivity index (χ4n) is 4.35. The number of carbonyl (C=O) groups excluding carboxylic acids is 1. The Morgan fingerprint density at radius 3 is 3.00 bits per heavy atom. The summed E-state index contributed by atoms with van der Waals surface area (Å²) in [5.74, 6) is 0.705. The number of amides is 2. The van der Waals surface area contributed by atoms with Gasteiger partial charge in [0.25, 0.3) is 0 Å². The topological polar surface area (TPSA) is 71.6 Å². The molecule has 7 heteroatoms. The average Bonchev–Trinajstić information content (AvgIpc) is 3.23. The van der Waals surface area contributed by atoms with Crippen LogP contribution < -0.4 is 11.0 Å². The molecule has 2 fully saturated rings. The van der Waals surface area contributed by atoms with E-state index in [1.165, 1.54) is 28.3 Å². The second kappa shape index (κ2) is 6.90. The second-order valence-electron chi connectivity index (χ2n) is 7.11. The van der Waals surface area contributed by atoms with Crippen molar-refractivity contribution in [3.05, 3.63) is 34.9 Å². The van der Waals surface area contributed by atoms with Crippen molar-refractivity contribution in [3.8, 4) is 0 Å². The van der Waals surface area contributed by atoms with Crippen molar-refractivity contribution in [2.75, 3.05) is 13.1 Å². The molecule has 2 aromatic rings. The van der Waals surface area contributed by atoms with E-state index >= 15 is 0 Å². The van der Waals surface area contributed by atoms with E-state index in [0.29, 0.717) is 37.1 Å². The van der Waals surface area contributed by atoms with Gasteiger partial charge in [0.15, 0.2) is 5.65 Å². The van der Waals surface area contributed by atoms with Gasteiger partial charge in [-0.15, -0.1) is 5.10 Å². The molecule has 3 heterocycles. The van der Waals surface area contributed by atoms with Crippen molar-refractivity contribution in [1.82, 2.24) is 24.4 Å². The van der Waals surface area contributed by atoms with Crippen LogP contribution in [0, 0.1) is 5.92 Å². The molecule has 2 aliphatic rings. The number of nitrogens with zero attached hydrogens (tertiary/aromatic N) is 4. The standard InChI is InChI=1S/C18H25N5O2/c24-17(21-12-4-7-14-6-3-8-15(14)21)19-10-5-13-23-18(25)22-11-2-1-9-16(22)20-23/h1-2,9,11,14-15H,3-8,10,12-13H2,(H,19,24)/t14-,15+/m1/s1. The van der Waals surface area contributed by atoms with E-state index in [0.717, 1.165) is 19.4 Å². The van der Waals surface area contributed by atoms with E-state index < -0.39 is 0 Å². The number of rotatable bonds is 4. The van der Waals surface area contributed by atoms with Gasteiger partial charge in [0.05, 0.1) is 0 Å². The van der Waals surface area contributed by atoms with Crippen molar-refractivity contribution in [1.29, 1.82) is 0 Å². The number of hydrogen-bond acceptors (Lipinski definition) is 3. The van der Waals surface area contributed by atoms with E-state index in [1.807, 2.05) is 23.1 Å². The van der Waals surface area contributed by atoms with E-state index in [2.05, 4.69) is 10.4 Å². The van der Waals surface area contributed by atoms with Gasteiger partial charge in [-0.2, -0.15) is 0 Å². The molecule has 2 atom stereocenters. The van der Waals surface area contributed by atoms with Crippen molar-refractivity contribution < 1.29 is 4.79 Å². The molecule has 134 valence electrons. The van der Waals surface area contributed by atoms with Crippen molar-refractivity contribution in [2.24, 2.45) is 5.92 Å². The maximum absolute atomic E-state index is 12.5. The molecular formula is C18H25N5O2. The Morgan fingerprint density at radius 1 is 1.24 bits per heavy atom. The molecule has 2 aromatic heterocycles. The Morgan fingerprint density at radius 2 is 2.12 bits per heavy atom. The van der Waals surface area contributed by atoms with Crippen LogP contribution in [0.4, 0.5) is 4.79 Å². The summed E-state index contributed by atoms with van der Waals surface area (Å²) in [6, 6.07) is 5.99. The number of hydrogen-bond donors (Lipinski definition) is 1. The van der Waals surface area contributed by atoms with E-state index in [9.17, 15) is 9.59 Å². The summed E-state index contributed by atoms with van der Waals surface area (Å²) in [4.78, 5) is 26.7. The predicted molar refractivity (Wildman–Crippen MR) is 94.5 cm³/mol. The quantitative estimate of drug-likeness (QED) is 0.862. The van der Waals surface area contributed by atoms with Crippen molar-refractivity contribution >= 4 is 11.7 Å². The highest BCUT2D eigenvalue weighted by atomic mass is 16.2. The zero-order chi connectivity index (χ0) is 17.2. The first-order valence-corrected chi connectivity index (χ1v) is 9.33. The van der Waals surface area contributed by atoms with Crippen LogP contribution in [0.25, 0.3) is 5.65 Å². The third kappa shape index (κ3) is 3.15. The molecule has 4 rings (SSSR count). The molecule has 0 bridgehead atoms. The average molecular weight is 343 g/mol. The number of nitrogens with one attached hydrogen (secondary N) is 1. The van der Waals surface area contributed by atoms with Crippen LogP contribution in [-0.4, -0.2) is 44.2 Å². The van der Waals surface area contributed by atoms with Gasteiger partial charge >= 0.3 is 11.7 Å². The summed E-state index contributed by atoms with van der Waals surface area (Å²) in [6.45, 7) is 1.94. The van der Waals surface area contributed by atoms with Crippen LogP contribution in [0.5, 0.6) is 0 Å². The number of pyridine rings is 1. The van der Waals surface area contributed by atoms with Crippen LogP contribution in [0.2, 0.25) is 0 Å². The molecule has 25 heavy (non-hydrogen) atoms. The Balaban J connectivity index is 1.29. The maximum Gasteiger partial charge on any atom is 0.350 e. The third-order valence-electron chi connectivity index (χ3n) is 5.57. The largest absolute Gasteiger partial charge is 0.350 e. The Bertz CT molecular complexity index is 811. The lowest BCUT2D eigenvalue weighted by molar-refractivity contribution is 0.128. The Labute approximate surface area is 146 Å². The Kier molecular flexibility index (Phi) is 4.46. The number of likely N-dealkylation sites (tertiary alicyclic amines) is 1. The summed E-state index contributed by atoms with van der Waals surface area (Å²) in [5.41, 5.74) is 0.517. The van der Waals surface area contributed by atoms with Gasteiger partial charge in [-0.05, 0) is 50.2 Å². The van der Waals surface area contributed by atoms with Gasteiger partial charge in [-0.1, -0.05) is 12.5 Å². The lowest BCUT2D eigenvalue weighted by atomic mass is 9.92. The van der Waals surface area contributed by atoms with Crippen LogP contribution in [0.1, 0.15) is 38.5 Å². The molecule has 1 N–H and O–H groups in total. The van der Waals surface area contributed by atoms with Gasteiger partial charge in [0.1, 0.15) is 0 Å². The smallest absolute Gasteiger partial charge is 0.338 e. The number of aryl methyl sites for hydroxylation is 1. The molecule has 0 radical (unpaired) electrons. The van der Waals surface area contributed by atoms with Gasteiger partial charge in [0, 0.05) is 31.9 Å². The molecule has 7 nitrogen and oxygen atoms in total. The van der Waals surface area contributed by atoms with Crippen molar-refractivity contribution in [2.45, 2.75) is 51.1 Å². The first-order chi connectivity index (χ1) is 12.2. The second-order valence-corrected chi connectivity index (χ2v) is 7.11. The third-order valence-corrected chi connectivity index (χ3v) is 5.57. The predicted octanol–water partition coefficient (Wildman–Crippen LogP) is 1.86. The number of piperidine rings is 1. The van der Waals surface area contributed by atoms with Gasteiger partial charge in [0.2, 0.25) is 0 Å². The number of aromatic nitrogens is 3. The number of fused-ring (bicyclic) bond motifs is 2. The SMILES string of the molecule is O=C(NCCCn1nc2ccccn2c1=O)N1CCC[C@H]2CCC[C@@H]21. The highest BCUT2D eigenvalue weighted by Crippen LogP contribution is 2.36. The molecule has 2 amide bonds. The number of carbonyl (C=O) groups is 1. The lowest BCUT2D eigenvalue weighted by Gasteiger charge is -2.37. The number of urea groups is 1.